The topological polar surface area (TPSA) is 108 Å². The highest BCUT2D eigenvalue weighted by Crippen LogP contribution is 2.35. The summed E-state index contributed by atoms with van der Waals surface area (Å²) >= 11 is 0. The third kappa shape index (κ3) is 7.32. The van der Waals surface area contributed by atoms with Gasteiger partial charge in [-0.2, -0.15) is 18.4 Å². The number of nitrogens with one attached hydrogen (secondary N) is 2. The Morgan fingerprint density at radius 1 is 1.05 bits per heavy atom. The molecule has 0 bridgehead atoms. The number of aliphatic hydroxyl groups is 1. The number of pyridine rings is 1. The summed E-state index contributed by atoms with van der Waals surface area (Å²) in [7, 11) is 0. The van der Waals surface area contributed by atoms with Crippen LogP contribution in [0.25, 0.3) is 0 Å². The maximum absolute atomic E-state index is 13.4. The standard InChI is InChI=1S/C30H38F3N7O2/c31-30(32,33)26-19-24(2-1-23(26)20-34)39-12-5-22(6-13-39)28(41)37-27-4-3-25(21-36-27)40-15-8-29(42,9-16-40)7-14-38-17-10-35-11-18-38/h1-4,19,21-22,35,42H,5-18H2,(H,36,37,41). The summed E-state index contributed by atoms with van der Waals surface area (Å²) in [5.74, 6) is 0.0278. The number of aromatic nitrogens is 1. The lowest BCUT2D eigenvalue weighted by Gasteiger charge is -2.40. The molecule has 5 rings (SSSR count). The first-order valence-corrected chi connectivity index (χ1v) is 14.7. The van der Waals surface area contributed by atoms with E-state index in [1.165, 1.54) is 12.1 Å². The minimum Gasteiger partial charge on any atom is -0.390 e. The van der Waals surface area contributed by atoms with Crippen molar-refractivity contribution in [3.8, 4) is 6.07 Å². The summed E-state index contributed by atoms with van der Waals surface area (Å²) in [6.07, 6.45) is 0.321. The lowest BCUT2D eigenvalue weighted by Crippen LogP contribution is -2.48. The van der Waals surface area contributed by atoms with Crippen molar-refractivity contribution in [2.75, 3.05) is 74.0 Å². The van der Waals surface area contributed by atoms with Gasteiger partial charge in [-0.25, -0.2) is 4.98 Å². The Balaban J connectivity index is 1.08. The molecule has 3 fully saturated rings. The number of amides is 1. The van der Waals surface area contributed by atoms with Gasteiger partial charge < -0.3 is 30.4 Å². The lowest BCUT2D eigenvalue weighted by atomic mass is 9.88. The quantitative estimate of drug-likeness (QED) is 0.454. The summed E-state index contributed by atoms with van der Waals surface area (Å²) in [4.78, 5) is 23.8. The van der Waals surface area contributed by atoms with Gasteiger partial charge in [0.15, 0.2) is 0 Å². The molecule has 0 unspecified atom stereocenters. The summed E-state index contributed by atoms with van der Waals surface area (Å²) in [6, 6.07) is 9.05. The van der Waals surface area contributed by atoms with Gasteiger partial charge in [-0.15, -0.1) is 0 Å². The summed E-state index contributed by atoms with van der Waals surface area (Å²) in [5, 5.41) is 26.4. The lowest BCUT2D eigenvalue weighted by molar-refractivity contribution is -0.137. The van der Waals surface area contributed by atoms with E-state index in [2.05, 4.69) is 25.4 Å². The van der Waals surface area contributed by atoms with Gasteiger partial charge in [0, 0.05) is 70.5 Å². The van der Waals surface area contributed by atoms with Crippen molar-refractivity contribution in [1.82, 2.24) is 15.2 Å². The van der Waals surface area contributed by atoms with Crippen molar-refractivity contribution in [3.63, 3.8) is 0 Å². The van der Waals surface area contributed by atoms with Gasteiger partial charge in [-0.3, -0.25) is 4.79 Å². The molecule has 0 radical (unpaired) electrons. The third-order valence-corrected chi connectivity index (χ3v) is 8.82. The number of rotatable bonds is 7. The number of alkyl halides is 3. The molecule has 1 amide bonds. The van der Waals surface area contributed by atoms with Crippen molar-refractivity contribution in [2.24, 2.45) is 5.92 Å². The number of hydrogen-bond donors (Lipinski definition) is 3. The SMILES string of the molecule is N#Cc1ccc(N2CCC(C(=O)Nc3ccc(N4CCC(O)(CCN5CCNCC5)CC4)cn3)CC2)cc1C(F)(F)F. The molecule has 3 aliphatic heterocycles. The van der Waals surface area contributed by atoms with Crippen LogP contribution in [0.1, 0.15) is 43.2 Å². The van der Waals surface area contributed by atoms with Crippen LogP contribution in [-0.2, 0) is 11.0 Å². The van der Waals surface area contributed by atoms with E-state index < -0.39 is 22.9 Å². The van der Waals surface area contributed by atoms with Crippen molar-refractivity contribution in [3.05, 3.63) is 47.7 Å². The molecule has 0 saturated carbocycles. The minimum absolute atomic E-state index is 0.154. The fraction of sp³-hybridized carbons (Fsp3) is 0.567. The van der Waals surface area contributed by atoms with Gasteiger partial charge >= 0.3 is 6.18 Å². The van der Waals surface area contributed by atoms with Crippen LogP contribution in [0.3, 0.4) is 0 Å². The van der Waals surface area contributed by atoms with E-state index in [0.29, 0.717) is 50.3 Å². The van der Waals surface area contributed by atoms with Crippen LogP contribution in [0.2, 0.25) is 0 Å². The molecule has 3 N–H and O–H groups in total. The number of piperidine rings is 2. The largest absolute Gasteiger partial charge is 0.417 e. The molecule has 0 spiro atoms. The highest BCUT2D eigenvalue weighted by Gasteiger charge is 2.35. The van der Waals surface area contributed by atoms with E-state index >= 15 is 0 Å². The predicted octanol–water partition coefficient (Wildman–Crippen LogP) is 3.45. The first kappa shape index (κ1) is 30.1. The van der Waals surface area contributed by atoms with Gasteiger partial charge in [-0.1, -0.05) is 0 Å². The molecule has 9 nitrogen and oxygen atoms in total. The molecule has 3 aliphatic rings. The molecule has 42 heavy (non-hydrogen) atoms. The monoisotopic (exact) mass is 585 g/mol. The van der Waals surface area contributed by atoms with Crippen molar-refractivity contribution in [1.29, 1.82) is 5.26 Å². The fourth-order valence-corrected chi connectivity index (χ4v) is 6.07. The first-order valence-electron chi connectivity index (χ1n) is 14.7. The maximum Gasteiger partial charge on any atom is 0.417 e. The van der Waals surface area contributed by atoms with Crippen LogP contribution in [0.15, 0.2) is 36.5 Å². The van der Waals surface area contributed by atoms with E-state index in [1.54, 1.807) is 18.3 Å². The summed E-state index contributed by atoms with van der Waals surface area (Å²) < 4.78 is 40.1. The molecule has 4 heterocycles. The Labute approximate surface area is 244 Å². The molecule has 1 aromatic carbocycles. The highest BCUT2D eigenvalue weighted by atomic mass is 19.4. The van der Waals surface area contributed by atoms with Crippen molar-refractivity contribution >= 4 is 23.1 Å². The molecule has 0 atom stereocenters. The molecule has 1 aromatic heterocycles. The van der Waals surface area contributed by atoms with Crippen LogP contribution in [0.5, 0.6) is 0 Å². The van der Waals surface area contributed by atoms with Crippen LogP contribution >= 0.6 is 0 Å². The smallest absolute Gasteiger partial charge is 0.390 e. The number of piperazine rings is 1. The van der Waals surface area contributed by atoms with Crippen LogP contribution in [-0.4, -0.2) is 85.4 Å². The Bertz CT molecular complexity index is 1260. The summed E-state index contributed by atoms with van der Waals surface area (Å²) in [5.41, 5.74) is -0.636. The number of nitriles is 1. The van der Waals surface area contributed by atoms with E-state index in [-0.39, 0.29) is 11.8 Å². The average Bonchev–Trinajstić information content (AvgIpc) is 3.01. The second-order valence-corrected chi connectivity index (χ2v) is 11.5. The number of benzene rings is 1. The van der Waals surface area contributed by atoms with Crippen LogP contribution in [0, 0.1) is 17.2 Å². The first-order chi connectivity index (χ1) is 20.1. The normalized spacial score (nSPS) is 20.3. The highest BCUT2D eigenvalue weighted by molar-refractivity contribution is 5.92. The number of carbonyl (C=O) groups is 1. The van der Waals surface area contributed by atoms with Gasteiger partial charge in [-0.05, 0) is 62.4 Å². The number of anilines is 3. The molecule has 2 aromatic rings. The minimum atomic E-state index is -4.61. The van der Waals surface area contributed by atoms with Crippen LogP contribution < -0.4 is 20.4 Å². The van der Waals surface area contributed by atoms with E-state index in [0.717, 1.165) is 64.0 Å². The van der Waals surface area contributed by atoms with E-state index in [1.807, 2.05) is 11.0 Å². The Morgan fingerprint density at radius 2 is 1.71 bits per heavy atom. The van der Waals surface area contributed by atoms with Gasteiger partial charge in [0.05, 0.1) is 34.7 Å². The second-order valence-electron chi connectivity index (χ2n) is 11.5. The molecule has 3 saturated heterocycles. The fourth-order valence-electron chi connectivity index (χ4n) is 6.07. The van der Waals surface area contributed by atoms with Gasteiger partial charge in [0.2, 0.25) is 5.91 Å². The maximum atomic E-state index is 13.4. The third-order valence-electron chi connectivity index (χ3n) is 8.82. The second kappa shape index (κ2) is 12.9. The zero-order valence-corrected chi connectivity index (χ0v) is 23.7. The molecule has 12 heteroatoms. The van der Waals surface area contributed by atoms with Crippen LogP contribution in [0.4, 0.5) is 30.4 Å². The number of carbonyl (C=O) groups excluding carboxylic acids is 1. The Morgan fingerprint density at radius 3 is 2.33 bits per heavy atom. The van der Waals surface area contributed by atoms with Crippen molar-refractivity contribution < 1.29 is 23.1 Å². The molecular weight excluding hydrogens is 547 g/mol. The predicted molar refractivity (Wildman–Crippen MR) is 154 cm³/mol. The molecular formula is C30H38F3N7O2. The Kier molecular flexibility index (Phi) is 9.20. The van der Waals surface area contributed by atoms with E-state index in [9.17, 15) is 23.1 Å². The number of nitrogens with zero attached hydrogens (tertiary/aromatic N) is 5. The summed E-state index contributed by atoms with van der Waals surface area (Å²) in [6.45, 7) is 7.34. The molecule has 226 valence electrons. The average molecular weight is 586 g/mol. The van der Waals surface area contributed by atoms with E-state index in [4.69, 9.17) is 5.26 Å². The van der Waals surface area contributed by atoms with Crippen molar-refractivity contribution in [2.45, 2.75) is 43.9 Å². The Hall–Kier alpha value is -3.40. The zero-order valence-electron chi connectivity index (χ0n) is 23.7. The van der Waals surface area contributed by atoms with Gasteiger partial charge in [0.25, 0.3) is 0 Å². The molecule has 0 aliphatic carbocycles. The zero-order chi connectivity index (χ0) is 29.7. The number of halogens is 3. The van der Waals surface area contributed by atoms with Gasteiger partial charge in [0.1, 0.15) is 5.82 Å². The number of hydrogen-bond acceptors (Lipinski definition) is 8.